The van der Waals surface area contributed by atoms with E-state index in [1.165, 1.54) is 5.57 Å². The SMILES string of the molecule is CN(C)CC(=O)CC1CC=C(c2ccc3c(n2)n(C)c(=O)n3CC(C)(C)C)CC1. The molecule has 0 saturated carbocycles. The average Bonchev–Trinajstić information content (AvgIpc) is 2.85. The van der Waals surface area contributed by atoms with Gasteiger partial charge in [0, 0.05) is 20.0 Å². The van der Waals surface area contributed by atoms with Crippen LogP contribution >= 0.6 is 0 Å². The molecule has 0 saturated heterocycles. The van der Waals surface area contributed by atoms with Crippen molar-refractivity contribution in [1.82, 2.24) is 19.0 Å². The van der Waals surface area contributed by atoms with E-state index in [1.807, 2.05) is 35.7 Å². The molecule has 3 rings (SSSR count). The van der Waals surface area contributed by atoms with E-state index < -0.39 is 0 Å². The highest BCUT2D eigenvalue weighted by atomic mass is 16.1. The minimum Gasteiger partial charge on any atom is -0.302 e. The zero-order chi connectivity index (χ0) is 21.3. The number of carbonyl (C=O) groups is 1. The van der Waals surface area contributed by atoms with Crippen LogP contribution in [0.15, 0.2) is 23.0 Å². The van der Waals surface area contributed by atoms with E-state index in [0.29, 0.717) is 31.2 Å². The molecule has 158 valence electrons. The Morgan fingerprint density at radius 1 is 1.28 bits per heavy atom. The number of nitrogens with zero attached hydrogens (tertiary/aromatic N) is 4. The van der Waals surface area contributed by atoms with E-state index in [2.05, 4.69) is 26.8 Å². The molecule has 0 fully saturated rings. The molecule has 1 atom stereocenters. The first-order chi connectivity index (χ1) is 13.5. The summed E-state index contributed by atoms with van der Waals surface area (Å²) in [6, 6.07) is 4.06. The second kappa shape index (κ2) is 8.27. The molecular formula is C23H34N4O2. The molecule has 0 N–H and O–H groups in total. The van der Waals surface area contributed by atoms with Gasteiger partial charge in [-0.2, -0.15) is 0 Å². The minimum atomic E-state index is -0.0170. The highest BCUT2D eigenvalue weighted by Gasteiger charge is 2.22. The summed E-state index contributed by atoms with van der Waals surface area (Å²) in [4.78, 5) is 31.6. The molecule has 0 amide bonds. The number of aryl methyl sites for hydroxylation is 1. The Balaban J connectivity index is 1.80. The van der Waals surface area contributed by atoms with Gasteiger partial charge in [-0.05, 0) is 62.4 Å². The Morgan fingerprint density at radius 3 is 2.59 bits per heavy atom. The van der Waals surface area contributed by atoms with Crippen molar-refractivity contribution in [2.24, 2.45) is 18.4 Å². The lowest BCUT2D eigenvalue weighted by Crippen LogP contribution is -2.27. The van der Waals surface area contributed by atoms with Gasteiger partial charge in [0.15, 0.2) is 5.65 Å². The van der Waals surface area contributed by atoms with Gasteiger partial charge >= 0.3 is 5.69 Å². The highest BCUT2D eigenvalue weighted by molar-refractivity contribution is 5.81. The fraction of sp³-hybridized carbons (Fsp3) is 0.609. The van der Waals surface area contributed by atoms with E-state index in [9.17, 15) is 9.59 Å². The normalized spacial score (nSPS) is 17.8. The largest absolute Gasteiger partial charge is 0.330 e. The van der Waals surface area contributed by atoms with Gasteiger partial charge in [-0.1, -0.05) is 26.8 Å². The average molecular weight is 399 g/mol. The number of pyridine rings is 1. The van der Waals surface area contributed by atoms with E-state index in [0.717, 1.165) is 36.1 Å². The lowest BCUT2D eigenvalue weighted by Gasteiger charge is -2.22. The summed E-state index contributed by atoms with van der Waals surface area (Å²) in [6.07, 6.45) is 5.73. The van der Waals surface area contributed by atoms with Crippen molar-refractivity contribution in [3.63, 3.8) is 0 Å². The van der Waals surface area contributed by atoms with Crippen molar-refractivity contribution < 1.29 is 4.79 Å². The molecule has 2 aromatic rings. The first-order valence-corrected chi connectivity index (χ1v) is 10.5. The number of hydrogen-bond donors (Lipinski definition) is 0. The van der Waals surface area contributed by atoms with Crippen LogP contribution in [0.4, 0.5) is 0 Å². The maximum Gasteiger partial charge on any atom is 0.330 e. The van der Waals surface area contributed by atoms with Crippen molar-refractivity contribution in [3.05, 3.63) is 34.4 Å². The van der Waals surface area contributed by atoms with Gasteiger partial charge in [-0.25, -0.2) is 9.78 Å². The molecular weight excluding hydrogens is 364 g/mol. The monoisotopic (exact) mass is 398 g/mol. The molecule has 2 aromatic heterocycles. The molecule has 0 bridgehead atoms. The zero-order valence-electron chi connectivity index (χ0n) is 18.7. The first-order valence-electron chi connectivity index (χ1n) is 10.5. The second-order valence-corrected chi connectivity index (χ2v) is 9.88. The third-order valence-corrected chi connectivity index (χ3v) is 5.47. The number of hydrogen-bond acceptors (Lipinski definition) is 4. The fourth-order valence-electron chi connectivity index (χ4n) is 4.12. The van der Waals surface area contributed by atoms with E-state index in [1.54, 1.807) is 11.6 Å². The summed E-state index contributed by atoms with van der Waals surface area (Å²) in [7, 11) is 5.66. The number of ketones is 1. The predicted octanol–water partition coefficient (Wildman–Crippen LogP) is 3.49. The lowest BCUT2D eigenvalue weighted by atomic mass is 9.85. The Bertz CT molecular complexity index is 989. The molecule has 2 heterocycles. The van der Waals surface area contributed by atoms with Gasteiger partial charge in [-0.15, -0.1) is 0 Å². The highest BCUT2D eigenvalue weighted by Crippen LogP contribution is 2.32. The summed E-state index contributed by atoms with van der Waals surface area (Å²) in [6.45, 7) is 7.58. The predicted molar refractivity (Wildman–Crippen MR) is 118 cm³/mol. The van der Waals surface area contributed by atoms with Crippen LogP contribution in [-0.2, 0) is 18.4 Å². The smallest absolute Gasteiger partial charge is 0.302 e. The second-order valence-electron chi connectivity index (χ2n) is 9.88. The number of Topliss-reactive ketones (excluding diaryl/α,β-unsaturated/α-hetero) is 1. The van der Waals surface area contributed by atoms with E-state index in [4.69, 9.17) is 4.98 Å². The summed E-state index contributed by atoms with van der Waals surface area (Å²) >= 11 is 0. The Labute approximate surface area is 173 Å². The minimum absolute atomic E-state index is 0.0156. The summed E-state index contributed by atoms with van der Waals surface area (Å²) in [5, 5.41) is 0. The third-order valence-electron chi connectivity index (χ3n) is 5.47. The van der Waals surface area contributed by atoms with Crippen molar-refractivity contribution in [2.45, 2.75) is 53.0 Å². The van der Waals surface area contributed by atoms with Crippen LogP contribution in [0.25, 0.3) is 16.7 Å². The van der Waals surface area contributed by atoms with Gasteiger partial charge < -0.3 is 4.90 Å². The molecule has 29 heavy (non-hydrogen) atoms. The third kappa shape index (κ3) is 5.04. The molecule has 6 nitrogen and oxygen atoms in total. The van der Waals surface area contributed by atoms with Gasteiger partial charge in [0.2, 0.25) is 0 Å². The fourth-order valence-corrected chi connectivity index (χ4v) is 4.12. The van der Waals surface area contributed by atoms with E-state index >= 15 is 0 Å². The molecule has 0 spiro atoms. The maximum absolute atomic E-state index is 12.7. The summed E-state index contributed by atoms with van der Waals surface area (Å²) < 4.78 is 3.48. The Morgan fingerprint density at radius 2 is 2.00 bits per heavy atom. The zero-order valence-corrected chi connectivity index (χ0v) is 18.7. The van der Waals surface area contributed by atoms with Crippen molar-refractivity contribution in [1.29, 1.82) is 0 Å². The number of allylic oxidation sites excluding steroid dienone is 2. The molecule has 0 aliphatic heterocycles. The summed E-state index contributed by atoms with van der Waals surface area (Å²) in [5.41, 5.74) is 3.79. The van der Waals surface area contributed by atoms with Crippen LogP contribution in [0.5, 0.6) is 0 Å². The molecule has 0 aromatic carbocycles. The number of aromatic nitrogens is 3. The Hall–Kier alpha value is -2.21. The lowest BCUT2D eigenvalue weighted by molar-refractivity contribution is -0.120. The van der Waals surface area contributed by atoms with Crippen LogP contribution in [0.2, 0.25) is 0 Å². The standard InChI is InChI=1S/C23H34N4O2/c1-23(2,3)15-27-20-12-11-19(24-21(20)26(6)22(27)29)17-9-7-16(8-10-17)13-18(28)14-25(4)5/h9,11-12,16H,7-8,10,13-15H2,1-6H3. The van der Waals surface area contributed by atoms with Crippen molar-refractivity contribution in [2.75, 3.05) is 20.6 Å². The van der Waals surface area contributed by atoms with Crippen molar-refractivity contribution in [3.8, 4) is 0 Å². The number of imidazole rings is 1. The Kier molecular flexibility index (Phi) is 6.13. The number of rotatable bonds is 6. The van der Waals surface area contributed by atoms with E-state index in [-0.39, 0.29) is 11.1 Å². The van der Waals surface area contributed by atoms with Crippen molar-refractivity contribution >= 4 is 22.5 Å². The van der Waals surface area contributed by atoms with Crippen LogP contribution in [0.3, 0.4) is 0 Å². The maximum atomic E-state index is 12.7. The molecule has 1 aliphatic carbocycles. The molecule has 0 radical (unpaired) electrons. The van der Waals surface area contributed by atoms with Gasteiger partial charge in [0.25, 0.3) is 0 Å². The first kappa shape index (κ1) is 21.5. The van der Waals surface area contributed by atoms with Crippen LogP contribution in [0.1, 0.15) is 52.1 Å². The molecule has 1 unspecified atom stereocenters. The quantitative estimate of drug-likeness (QED) is 0.747. The molecule has 6 heteroatoms. The summed E-state index contributed by atoms with van der Waals surface area (Å²) in [5.74, 6) is 0.735. The topological polar surface area (TPSA) is 60.1 Å². The van der Waals surface area contributed by atoms with Gasteiger partial charge in [-0.3, -0.25) is 13.9 Å². The van der Waals surface area contributed by atoms with Crippen LogP contribution < -0.4 is 5.69 Å². The number of carbonyl (C=O) groups excluding carboxylic acids is 1. The van der Waals surface area contributed by atoms with Crippen LogP contribution in [0, 0.1) is 11.3 Å². The van der Waals surface area contributed by atoms with Crippen LogP contribution in [-0.4, -0.2) is 45.4 Å². The number of fused-ring (bicyclic) bond motifs is 1. The van der Waals surface area contributed by atoms with Gasteiger partial charge in [0.1, 0.15) is 5.78 Å². The number of likely N-dealkylation sites (N-methyl/N-ethyl adjacent to an activating group) is 1. The molecule has 1 aliphatic rings. The van der Waals surface area contributed by atoms with Gasteiger partial charge in [0.05, 0.1) is 17.8 Å².